The molecular weight excluding hydrogens is 316 g/mol. The summed E-state index contributed by atoms with van der Waals surface area (Å²) in [5.41, 5.74) is 0.485. The van der Waals surface area contributed by atoms with E-state index in [1.54, 1.807) is 12.1 Å². The van der Waals surface area contributed by atoms with E-state index in [0.717, 1.165) is 31.3 Å². The van der Waals surface area contributed by atoms with Gasteiger partial charge in [-0.15, -0.1) is 0 Å². The van der Waals surface area contributed by atoms with Gasteiger partial charge in [0.2, 0.25) is 0 Å². The SMILES string of the molecule is O=C(c1ccc(Cl)cn1)N1CCCC(CCBr)C1. The van der Waals surface area contributed by atoms with Gasteiger partial charge in [0, 0.05) is 24.6 Å². The summed E-state index contributed by atoms with van der Waals surface area (Å²) in [5.74, 6) is 0.625. The molecule has 3 nitrogen and oxygen atoms in total. The zero-order chi connectivity index (χ0) is 13.0. The molecule has 0 N–H and O–H groups in total. The lowest BCUT2D eigenvalue weighted by atomic mass is 9.95. The Balaban J connectivity index is 2.02. The number of nitrogens with zero attached hydrogens (tertiary/aromatic N) is 2. The van der Waals surface area contributed by atoms with Gasteiger partial charge in [-0.1, -0.05) is 27.5 Å². The number of amides is 1. The molecule has 2 heterocycles. The molecule has 0 aliphatic carbocycles. The Morgan fingerprint density at radius 2 is 2.39 bits per heavy atom. The van der Waals surface area contributed by atoms with Crippen LogP contribution in [0.5, 0.6) is 0 Å². The molecule has 0 bridgehead atoms. The van der Waals surface area contributed by atoms with E-state index in [2.05, 4.69) is 20.9 Å². The predicted molar refractivity (Wildman–Crippen MR) is 76.3 cm³/mol. The lowest BCUT2D eigenvalue weighted by Crippen LogP contribution is -2.40. The first kappa shape index (κ1) is 13.8. The van der Waals surface area contributed by atoms with E-state index < -0.39 is 0 Å². The standard InChI is InChI=1S/C13H16BrClN2O/c14-6-5-10-2-1-7-17(9-10)13(18)12-4-3-11(15)8-16-12/h3-4,8,10H,1-2,5-7,9H2. The highest BCUT2D eigenvalue weighted by Crippen LogP contribution is 2.21. The van der Waals surface area contributed by atoms with Crippen LogP contribution in [0.2, 0.25) is 5.02 Å². The summed E-state index contributed by atoms with van der Waals surface area (Å²) in [4.78, 5) is 18.3. The summed E-state index contributed by atoms with van der Waals surface area (Å²) in [5, 5.41) is 1.56. The normalized spacial score (nSPS) is 19.9. The quantitative estimate of drug-likeness (QED) is 0.796. The maximum absolute atomic E-state index is 12.3. The summed E-state index contributed by atoms with van der Waals surface area (Å²) >= 11 is 9.24. The van der Waals surface area contributed by atoms with Crippen LogP contribution in [-0.2, 0) is 0 Å². The fourth-order valence-electron chi connectivity index (χ4n) is 2.30. The van der Waals surface area contributed by atoms with Gasteiger partial charge >= 0.3 is 0 Å². The number of piperidine rings is 1. The number of halogens is 2. The van der Waals surface area contributed by atoms with Crippen LogP contribution >= 0.6 is 27.5 Å². The summed E-state index contributed by atoms with van der Waals surface area (Å²) in [6, 6.07) is 3.40. The number of hydrogen-bond donors (Lipinski definition) is 0. The van der Waals surface area contributed by atoms with Crippen LogP contribution in [0.1, 0.15) is 29.8 Å². The number of aromatic nitrogens is 1. The van der Waals surface area contributed by atoms with E-state index in [4.69, 9.17) is 11.6 Å². The average molecular weight is 332 g/mol. The van der Waals surface area contributed by atoms with E-state index in [1.807, 2.05) is 4.90 Å². The second-order valence-corrected chi connectivity index (χ2v) is 5.83. The smallest absolute Gasteiger partial charge is 0.272 e. The van der Waals surface area contributed by atoms with Gasteiger partial charge < -0.3 is 4.90 Å². The minimum atomic E-state index is 0.0194. The Labute approximate surface area is 121 Å². The van der Waals surface area contributed by atoms with E-state index in [-0.39, 0.29) is 5.91 Å². The third-order valence-corrected chi connectivity index (χ3v) is 3.95. The Hall–Kier alpha value is -0.610. The monoisotopic (exact) mass is 330 g/mol. The van der Waals surface area contributed by atoms with Gasteiger partial charge in [0.15, 0.2) is 0 Å². The van der Waals surface area contributed by atoms with Crippen molar-refractivity contribution in [2.24, 2.45) is 5.92 Å². The van der Waals surface area contributed by atoms with Crippen molar-refractivity contribution in [2.75, 3.05) is 18.4 Å². The third kappa shape index (κ3) is 3.45. The number of pyridine rings is 1. The number of alkyl halides is 1. The molecule has 1 amide bonds. The van der Waals surface area contributed by atoms with Gasteiger partial charge in [-0.05, 0) is 37.3 Å². The molecule has 1 saturated heterocycles. The molecule has 1 atom stereocenters. The second kappa shape index (κ2) is 6.53. The maximum atomic E-state index is 12.3. The van der Waals surface area contributed by atoms with Crippen molar-refractivity contribution >= 4 is 33.4 Å². The first-order valence-electron chi connectivity index (χ1n) is 6.17. The third-order valence-electron chi connectivity index (χ3n) is 3.27. The van der Waals surface area contributed by atoms with Crippen molar-refractivity contribution in [1.29, 1.82) is 0 Å². The number of carbonyl (C=O) groups is 1. The molecule has 98 valence electrons. The molecule has 0 spiro atoms. The Bertz CT molecular complexity index is 408. The van der Waals surface area contributed by atoms with Crippen LogP contribution in [0.3, 0.4) is 0 Å². The summed E-state index contributed by atoms with van der Waals surface area (Å²) in [6.07, 6.45) is 4.94. The number of carbonyl (C=O) groups excluding carboxylic acids is 1. The van der Waals surface area contributed by atoms with Crippen molar-refractivity contribution in [1.82, 2.24) is 9.88 Å². The molecule has 1 unspecified atom stereocenters. The van der Waals surface area contributed by atoms with Crippen molar-refractivity contribution in [3.63, 3.8) is 0 Å². The topological polar surface area (TPSA) is 33.2 Å². The van der Waals surface area contributed by atoms with Crippen molar-refractivity contribution < 1.29 is 4.79 Å². The first-order valence-corrected chi connectivity index (χ1v) is 7.67. The van der Waals surface area contributed by atoms with E-state index in [0.29, 0.717) is 16.6 Å². The fourth-order valence-corrected chi connectivity index (χ4v) is 3.06. The van der Waals surface area contributed by atoms with Gasteiger partial charge in [-0.25, -0.2) is 4.98 Å². The number of likely N-dealkylation sites (tertiary alicyclic amines) is 1. The van der Waals surface area contributed by atoms with Crippen LogP contribution < -0.4 is 0 Å². The van der Waals surface area contributed by atoms with Crippen molar-refractivity contribution in [3.05, 3.63) is 29.0 Å². The Morgan fingerprint density at radius 1 is 1.56 bits per heavy atom. The summed E-state index contributed by atoms with van der Waals surface area (Å²) in [6.45, 7) is 1.68. The average Bonchev–Trinajstić information content (AvgIpc) is 2.39. The van der Waals surface area contributed by atoms with Crippen LogP contribution in [0.15, 0.2) is 18.3 Å². The van der Waals surface area contributed by atoms with Crippen LogP contribution in [-0.4, -0.2) is 34.2 Å². The maximum Gasteiger partial charge on any atom is 0.272 e. The summed E-state index contributed by atoms with van der Waals surface area (Å²) in [7, 11) is 0. The van der Waals surface area contributed by atoms with Crippen molar-refractivity contribution in [3.8, 4) is 0 Å². The molecule has 2 rings (SSSR count). The number of hydrogen-bond acceptors (Lipinski definition) is 2. The zero-order valence-electron chi connectivity index (χ0n) is 10.1. The highest BCUT2D eigenvalue weighted by Gasteiger charge is 2.24. The molecule has 18 heavy (non-hydrogen) atoms. The molecule has 0 aromatic carbocycles. The van der Waals surface area contributed by atoms with Crippen LogP contribution in [0.4, 0.5) is 0 Å². The Morgan fingerprint density at radius 3 is 3.06 bits per heavy atom. The lowest BCUT2D eigenvalue weighted by molar-refractivity contribution is 0.0666. The Kier molecular flexibility index (Phi) is 5.01. The highest BCUT2D eigenvalue weighted by atomic mass is 79.9. The summed E-state index contributed by atoms with van der Waals surface area (Å²) < 4.78 is 0. The minimum absolute atomic E-state index is 0.0194. The molecular formula is C13H16BrClN2O. The van der Waals surface area contributed by atoms with Gasteiger partial charge in [0.05, 0.1) is 5.02 Å². The molecule has 1 aromatic rings. The molecule has 5 heteroatoms. The fraction of sp³-hybridized carbons (Fsp3) is 0.538. The number of rotatable bonds is 3. The van der Waals surface area contributed by atoms with Gasteiger partial charge in [-0.2, -0.15) is 0 Å². The lowest BCUT2D eigenvalue weighted by Gasteiger charge is -2.32. The first-order chi connectivity index (χ1) is 8.70. The zero-order valence-corrected chi connectivity index (χ0v) is 12.5. The second-order valence-electron chi connectivity index (χ2n) is 4.60. The molecule has 1 aromatic heterocycles. The molecule has 0 radical (unpaired) electrons. The molecule has 1 aliphatic rings. The van der Waals surface area contributed by atoms with E-state index >= 15 is 0 Å². The van der Waals surface area contributed by atoms with Gasteiger partial charge in [0.1, 0.15) is 5.69 Å². The molecule has 1 aliphatic heterocycles. The molecule has 0 saturated carbocycles. The van der Waals surface area contributed by atoms with Gasteiger partial charge in [0.25, 0.3) is 5.91 Å². The predicted octanol–water partition coefficient (Wildman–Crippen LogP) is 3.37. The highest BCUT2D eigenvalue weighted by molar-refractivity contribution is 9.09. The largest absolute Gasteiger partial charge is 0.337 e. The van der Waals surface area contributed by atoms with Gasteiger partial charge in [-0.3, -0.25) is 4.79 Å². The molecule has 1 fully saturated rings. The van der Waals surface area contributed by atoms with E-state index in [9.17, 15) is 4.79 Å². The van der Waals surface area contributed by atoms with Crippen molar-refractivity contribution in [2.45, 2.75) is 19.3 Å². The van der Waals surface area contributed by atoms with Crippen LogP contribution in [0, 0.1) is 5.92 Å². The minimum Gasteiger partial charge on any atom is -0.337 e. The van der Waals surface area contributed by atoms with E-state index in [1.165, 1.54) is 12.6 Å². The van der Waals surface area contributed by atoms with Crippen LogP contribution in [0.25, 0.3) is 0 Å².